The number of aliphatic imine (C=N–C) groups is 1. The molecule has 0 saturated carbocycles. The van der Waals surface area contributed by atoms with Gasteiger partial charge in [-0.1, -0.05) is 25.1 Å². The number of hydrogen-bond donors (Lipinski definition) is 0. The van der Waals surface area contributed by atoms with E-state index in [2.05, 4.69) is 38.9 Å². The van der Waals surface area contributed by atoms with Crippen LogP contribution in [0.1, 0.15) is 24.1 Å². The zero-order valence-electron chi connectivity index (χ0n) is 17.5. The van der Waals surface area contributed by atoms with Crippen LogP contribution in [0.2, 0.25) is 0 Å². The van der Waals surface area contributed by atoms with Gasteiger partial charge in [-0.15, -0.1) is 0 Å². The van der Waals surface area contributed by atoms with Crippen LogP contribution in [0.4, 0.5) is 11.4 Å². The monoisotopic (exact) mass is 409 g/mol. The lowest BCUT2D eigenvalue weighted by molar-refractivity contribution is 0.0808. The Hall–Kier alpha value is -3.82. The summed E-state index contributed by atoms with van der Waals surface area (Å²) in [6.07, 6.45) is 11.1. The Balaban J connectivity index is 1.89. The fraction of sp³-hybridized carbons (Fsp3) is 0.200. The van der Waals surface area contributed by atoms with E-state index in [1.54, 1.807) is 19.5 Å². The number of dihydropyridines is 1. The van der Waals surface area contributed by atoms with E-state index in [0.29, 0.717) is 5.56 Å². The van der Waals surface area contributed by atoms with E-state index in [4.69, 9.17) is 4.74 Å². The highest BCUT2D eigenvalue weighted by Gasteiger charge is 2.29. The number of pyridine rings is 2. The van der Waals surface area contributed by atoms with Crippen LogP contribution >= 0.6 is 0 Å². The largest absolute Gasteiger partial charge is 0.359 e. The molecular weight excluding hydrogens is 386 g/mol. The van der Waals surface area contributed by atoms with E-state index in [1.165, 1.54) is 0 Å². The first-order chi connectivity index (χ1) is 15.2. The van der Waals surface area contributed by atoms with Crippen LogP contribution in [-0.2, 0) is 4.74 Å². The van der Waals surface area contributed by atoms with E-state index in [1.807, 2.05) is 67.1 Å². The van der Waals surface area contributed by atoms with Crippen molar-refractivity contribution in [2.75, 3.05) is 12.0 Å². The molecule has 1 aliphatic rings. The standard InChI is InChI=1S/C25H23N5O/c1-18-13-21(15-29-25(18)31-2)24(20-9-7-19(14-26)8-10-20)30(22-5-3-11-27-16-22)23-6-4-12-28-17-23/h3-13,15-18,24-25H,1-2H3. The third-order valence-electron chi connectivity index (χ3n) is 5.29. The summed E-state index contributed by atoms with van der Waals surface area (Å²) in [6.45, 7) is 2.10. The summed E-state index contributed by atoms with van der Waals surface area (Å²) >= 11 is 0. The van der Waals surface area contributed by atoms with Gasteiger partial charge in [-0.05, 0) is 47.5 Å². The lowest BCUT2D eigenvalue weighted by atomic mass is 9.91. The Morgan fingerprint density at radius 3 is 2.13 bits per heavy atom. The number of ether oxygens (including phenoxy) is 1. The Kier molecular flexibility index (Phi) is 6.16. The molecule has 0 N–H and O–H groups in total. The van der Waals surface area contributed by atoms with Crippen molar-refractivity contribution in [2.45, 2.75) is 19.2 Å². The summed E-state index contributed by atoms with van der Waals surface area (Å²) in [5.74, 6) is 0.121. The van der Waals surface area contributed by atoms with Gasteiger partial charge in [0, 0.05) is 31.6 Å². The van der Waals surface area contributed by atoms with Gasteiger partial charge < -0.3 is 9.64 Å². The second kappa shape index (κ2) is 9.33. The van der Waals surface area contributed by atoms with Crippen molar-refractivity contribution < 1.29 is 4.74 Å². The molecule has 3 unspecified atom stereocenters. The van der Waals surface area contributed by atoms with Gasteiger partial charge in [-0.25, -0.2) is 0 Å². The molecule has 0 amide bonds. The number of hydrogen-bond acceptors (Lipinski definition) is 6. The fourth-order valence-electron chi connectivity index (χ4n) is 3.83. The minimum Gasteiger partial charge on any atom is -0.359 e. The maximum atomic E-state index is 9.25. The Morgan fingerprint density at radius 2 is 1.65 bits per heavy atom. The number of anilines is 2. The molecule has 0 spiro atoms. The molecule has 6 heteroatoms. The minimum absolute atomic E-state index is 0.121. The summed E-state index contributed by atoms with van der Waals surface area (Å²) in [5, 5.41) is 9.25. The first kappa shape index (κ1) is 20.5. The molecular formula is C25H23N5O. The second-order valence-electron chi connectivity index (χ2n) is 7.36. The first-order valence-corrected chi connectivity index (χ1v) is 10.1. The van der Waals surface area contributed by atoms with E-state index in [0.717, 1.165) is 22.5 Å². The molecule has 0 saturated heterocycles. The molecule has 1 aromatic carbocycles. The van der Waals surface area contributed by atoms with Gasteiger partial charge >= 0.3 is 0 Å². The average Bonchev–Trinajstić information content (AvgIpc) is 2.83. The molecule has 4 rings (SSSR count). The summed E-state index contributed by atoms with van der Waals surface area (Å²) in [5.41, 5.74) is 4.56. The van der Waals surface area contributed by atoms with E-state index >= 15 is 0 Å². The molecule has 3 heterocycles. The van der Waals surface area contributed by atoms with Crippen LogP contribution in [0, 0.1) is 17.2 Å². The van der Waals surface area contributed by atoms with Crippen LogP contribution < -0.4 is 4.90 Å². The third kappa shape index (κ3) is 4.37. The third-order valence-corrected chi connectivity index (χ3v) is 5.29. The number of benzene rings is 1. The fourth-order valence-corrected chi connectivity index (χ4v) is 3.83. The Labute approximate surface area is 182 Å². The first-order valence-electron chi connectivity index (χ1n) is 10.1. The lowest BCUT2D eigenvalue weighted by Gasteiger charge is -2.36. The van der Waals surface area contributed by atoms with Gasteiger partial charge in [0.2, 0.25) is 0 Å². The lowest BCUT2D eigenvalue weighted by Crippen LogP contribution is -2.30. The molecule has 154 valence electrons. The number of nitriles is 1. The number of nitrogens with zero attached hydrogens (tertiary/aromatic N) is 5. The van der Waals surface area contributed by atoms with Crippen LogP contribution in [-0.4, -0.2) is 29.5 Å². The zero-order chi connectivity index (χ0) is 21.6. The van der Waals surface area contributed by atoms with Crippen molar-refractivity contribution in [3.63, 3.8) is 0 Å². The summed E-state index contributed by atoms with van der Waals surface area (Å²) in [6, 6.07) is 17.6. The summed E-state index contributed by atoms with van der Waals surface area (Å²) < 4.78 is 5.49. The van der Waals surface area contributed by atoms with Crippen molar-refractivity contribution in [1.29, 1.82) is 5.26 Å². The number of methoxy groups -OCH3 is 1. The molecule has 31 heavy (non-hydrogen) atoms. The average molecular weight is 409 g/mol. The van der Waals surface area contributed by atoms with Gasteiger partial charge in [0.15, 0.2) is 6.23 Å². The summed E-state index contributed by atoms with van der Waals surface area (Å²) in [7, 11) is 1.67. The highest BCUT2D eigenvalue weighted by Crippen LogP contribution is 2.39. The molecule has 0 fully saturated rings. The topological polar surface area (TPSA) is 74.4 Å². The predicted octanol–water partition coefficient (Wildman–Crippen LogP) is 4.85. The van der Waals surface area contributed by atoms with Crippen molar-refractivity contribution in [3.05, 3.63) is 96.1 Å². The molecule has 0 bridgehead atoms. The van der Waals surface area contributed by atoms with Gasteiger partial charge in [-0.2, -0.15) is 5.26 Å². The quantitative estimate of drug-likeness (QED) is 0.582. The van der Waals surface area contributed by atoms with Crippen molar-refractivity contribution in [2.24, 2.45) is 10.9 Å². The molecule has 0 aliphatic carbocycles. The maximum absolute atomic E-state index is 9.25. The van der Waals surface area contributed by atoms with Crippen LogP contribution in [0.25, 0.3) is 0 Å². The highest BCUT2D eigenvalue weighted by molar-refractivity contribution is 5.84. The second-order valence-corrected chi connectivity index (χ2v) is 7.36. The van der Waals surface area contributed by atoms with E-state index in [-0.39, 0.29) is 18.2 Å². The SMILES string of the molecule is COC1N=CC(C(c2ccc(C#N)cc2)N(c2cccnc2)c2cccnc2)=CC1C. The molecule has 3 atom stereocenters. The number of rotatable bonds is 6. The van der Waals surface area contributed by atoms with Crippen LogP contribution in [0.5, 0.6) is 0 Å². The molecule has 2 aromatic heterocycles. The number of aromatic nitrogens is 2. The Bertz CT molecular complexity index is 1060. The van der Waals surface area contributed by atoms with E-state index in [9.17, 15) is 5.26 Å². The summed E-state index contributed by atoms with van der Waals surface area (Å²) in [4.78, 5) is 15.5. The molecule has 1 aliphatic heterocycles. The minimum atomic E-state index is -0.199. The Morgan fingerprint density at radius 1 is 1.00 bits per heavy atom. The van der Waals surface area contributed by atoms with Gasteiger partial charge in [0.05, 0.1) is 41.4 Å². The van der Waals surface area contributed by atoms with Crippen molar-refractivity contribution in [1.82, 2.24) is 9.97 Å². The van der Waals surface area contributed by atoms with Crippen molar-refractivity contribution >= 4 is 17.6 Å². The highest BCUT2D eigenvalue weighted by atomic mass is 16.5. The smallest absolute Gasteiger partial charge is 0.153 e. The maximum Gasteiger partial charge on any atom is 0.153 e. The normalized spacial score (nSPS) is 18.7. The molecule has 0 radical (unpaired) electrons. The van der Waals surface area contributed by atoms with E-state index < -0.39 is 0 Å². The van der Waals surface area contributed by atoms with Gasteiger partial charge in [0.25, 0.3) is 0 Å². The van der Waals surface area contributed by atoms with Crippen molar-refractivity contribution in [3.8, 4) is 6.07 Å². The molecule has 6 nitrogen and oxygen atoms in total. The van der Waals surface area contributed by atoms with Crippen LogP contribution in [0.3, 0.4) is 0 Å². The predicted molar refractivity (Wildman–Crippen MR) is 121 cm³/mol. The van der Waals surface area contributed by atoms with Crippen LogP contribution in [0.15, 0.2) is 90.0 Å². The zero-order valence-corrected chi connectivity index (χ0v) is 17.5. The van der Waals surface area contributed by atoms with Gasteiger partial charge in [-0.3, -0.25) is 15.0 Å². The van der Waals surface area contributed by atoms with Gasteiger partial charge in [0.1, 0.15) is 0 Å². The molecule has 3 aromatic rings.